The number of amidine groups is 1. The van der Waals surface area contributed by atoms with Crippen LogP contribution in [0.25, 0.3) is 0 Å². The molecule has 1 saturated carbocycles. The van der Waals surface area contributed by atoms with Crippen molar-refractivity contribution >= 4 is 11.5 Å². The molecule has 1 spiro atoms. The largest absolute Gasteiger partial charge is 0.379 e. The Labute approximate surface area is 160 Å². The van der Waals surface area contributed by atoms with Crippen LogP contribution in [0.2, 0.25) is 0 Å². The summed E-state index contributed by atoms with van der Waals surface area (Å²) in [6.45, 7) is 6.38. The van der Waals surface area contributed by atoms with Gasteiger partial charge in [-0.2, -0.15) is 0 Å². The minimum absolute atomic E-state index is 0.704. The highest BCUT2D eigenvalue weighted by atomic mass is 16.7. The lowest BCUT2D eigenvalue weighted by Gasteiger charge is -2.40. The van der Waals surface area contributed by atoms with E-state index in [-0.39, 0.29) is 0 Å². The summed E-state index contributed by atoms with van der Waals surface area (Å²) in [5.41, 5.74) is 4.88. The van der Waals surface area contributed by atoms with Gasteiger partial charge >= 0.3 is 0 Å². The second-order valence-electron chi connectivity index (χ2n) is 8.34. The van der Waals surface area contributed by atoms with E-state index in [4.69, 9.17) is 4.84 Å². The predicted octanol–water partition coefficient (Wildman–Crippen LogP) is 4.67. The van der Waals surface area contributed by atoms with Crippen molar-refractivity contribution in [3.63, 3.8) is 0 Å². The van der Waals surface area contributed by atoms with E-state index in [1.807, 2.05) is 12.1 Å². The van der Waals surface area contributed by atoms with Crippen LogP contribution < -0.4 is 4.90 Å². The fourth-order valence-corrected chi connectivity index (χ4v) is 5.48. The smallest absolute Gasteiger partial charge is 0.248 e. The molecule has 2 aromatic rings. The first kappa shape index (κ1) is 16.8. The first-order chi connectivity index (χ1) is 13.0. The highest BCUT2D eigenvalue weighted by molar-refractivity contribution is 6.14. The quantitative estimate of drug-likeness (QED) is 0.802. The number of anilines is 1. The van der Waals surface area contributed by atoms with Crippen molar-refractivity contribution in [2.75, 3.05) is 4.90 Å². The lowest BCUT2D eigenvalue weighted by atomic mass is 9.82. The molecule has 2 aliphatic heterocycles. The summed E-state index contributed by atoms with van der Waals surface area (Å²) < 4.78 is 0. The zero-order chi connectivity index (χ0) is 18.8. The number of aryl methyl sites for hydroxylation is 3. The van der Waals surface area contributed by atoms with Gasteiger partial charge in [0.05, 0.1) is 5.69 Å². The standard InChI is InChI=1S/C23H26N2O2/c1-15-13-16(2)20(17(3)14-15)21-24-27-23-12-8-4-7-11-22(23,26)18-9-5-6-10-19(18)25(21)23/h5-6,9-10,13-14,26H,4,7-8,11-12H2,1-3H3. The third kappa shape index (κ3) is 2.05. The molecular weight excluding hydrogens is 336 g/mol. The number of para-hydroxylation sites is 1. The van der Waals surface area contributed by atoms with Gasteiger partial charge in [0.1, 0.15) is 0 Å². The average Bonchev–Trinajstić information content (AvgIpc) is 3.02. The van der Waals surface area contributed by atoms with Crippen molar-refractivity contribution < 1.29 is 9.94 Å². The van der Waals surface area contributed by atoms with Crippen LogP contribution in [0.15, 0.2) is 41.6 Å². The zero-order valence-electron chi connectivity index (χ0n) is 16.2. The van der Waals surface area contributed by atoms with Crippen LogP contribution in [0.4, 0.5) is 5.69 Å². The molecule has 5 rings (SSSR count). The molecule has 2 atom stereocenters. The van der Waals surface area contributed by atoms with Crippen molar-refractivity contribution in [2.45, 2.75) is 64.2 Å². The third-order valence-electron chi connectivity index (χ3n) is 6.55. The number of benzene rings is 2. The predicted molar refractivity (Wildman–Crippen MR) is 107 cm³/mol. The Balaban J connectivity index is 1.74. The van der Waals surface area contributed by atoms with Gasteiger partial charge in [-0.3, -0.25) is 4.90 Å². The van der Waals surface area contributed by atoms with Gasteiger partial charge in [-0.25, -0.2) is 0 Å². The van der Waals surface area contributed by atoms with Crippen LogP contribution >= 0.6 is 0 Å². The molecule has 0 bridgehead atoms. The van der Waals surface area contributed by atoms with E-state index < -0.39 is 11.3 Å². The molecule has 1 N–H and O–H groups in total. The highest BCUT2D eigenvalue weighted by Crippen LogP contribution is 2.59. The summed E-state index contributed by atoms with van der Waals surface area (Å²) in [5.74, 6) is 0.829. The Bertz CT molecular complexity index is 944. The van der Waals surface area contributed by atoms with E-state index >= 15 is 0 Å². The molecule has 2 aromatic carbocycles. The van der Waals surface area contributed by atoms with E-state index in [1.165, 1.54) is 16.7 Å². The van der Waals surface area contributed by atoms with E-state index in [1.54, 1.807) is 0 Å². The first-order valence-corrected chi connectivity index (χ1v) is 9.94. The molecule has 0 radical (unpaired) electrons. The van der Waals surface area contributed by atoms with E-state index in [2.05, 4.69) is 55.1 Å². The molecule has 1 aliphatic carbocycles. The topological polar surface area (TPSA) is 45.1 Å². The molecule has 2 unspecified atom stereocenters. The van der Waals surface area contributed by atoms with Crippen molar-refractivity contribution in [3.05, 3.63) is 64.2 Å². The summed E-state index contributed by atoms with van der Waals surface area (Å²) in [4.78, 5) is 8.40. The zero-order valence-corrected chi connectivity index (χ0v) is 16.2. The summed E-state index contributed by atoms with van der Waals surface area (Å²) in [5, 5.41) is 16.5. The fourth-order valence-electron chi connectivity index (χ4n) is 5.48. The van der Waals surface area contributed by atoms with Gasteiger partial charge in [-0.05, 0) is 57.2 Å². The Morgan fingerprint density at radius 1 is 1.00 bits per heavy atom. The van der Waals surface area contributed by atoms with Crippen LogP contribution in [-0.2, 0) is 10.4 Å². The number of hydrogen-bond donors (Lipinski definition) is 1. The maximum absolute atomic E-state index is 11.9. The highest BCUT2D eigenvalue weighted by Gasteiger charge is 2.67. The Morgan fingerprint density at radius 2 is 1.70 bits per heavy atom. The summed E-state index contributed by atoms with van der Waals surface area (Å²) in [6.07, 6.45) is 4.62. The third-order valence-corrected chi connectivity index (χ3v) is 6.55. The molecule has 27 heavy (non-hydrogen) atoms. The molecular formula is C23H26N2O2. The lowest BCUT2D eigenvalue weighted by Crippen LogP contribution is -2.57. The van der Waals surface area contributed by atoms with Crippen LogP contribution in [0.5, 0.6) is 0 Å². The van der Waals surface area contributed by atoms with Crippen LogP contribution in [0, 0.1) is 20.8 Å². The summed E-state index contributed by atoms with van der Waals surface area (Å²) >= 11 is 0. The van der Waals surface area contributed by atoms with Gasteiger partial charge in [0.2, 0.25) is 5.72 Å². The molecule has 4 heteroatoms. The van der Waals surface area contributed by atoms with Gasteiger partial charge < -0.3 is 9.94 Å². The van der Waals surface area contributed by atoms with Crippen molar-refractivity contribution in [2.24, 2.45) is 5.16 Å². The van der Waals surface area contributed by atoms with Crippen molar-refractivity contribution in [1.82, 2.24) is 0 Å². The second-order valence-corrected chi connectivity index (χ2v) is 8.34. The second kappa shape index (κ2) is 5.59. The number of oxime groups is 1. The summed E-state index contributed by atoms with van der Waals surface area (Å²) in [7, 11) is 0. The van der Waals surface area contributed by atoms with Gasteiger partial charge in [0.15, 0.2) is 11.4 Å². The molecule has 0 saturated heterocycles. The number of aliphatic hydroxyl groups is 1. The Kier molecular flexibility index (Phi) is 3.48. The number of rotatable bonds is 1. The Morgan fingerprint density at radius 3 is 2.48 bits per heavy atom. The molecule has 0 aromatic heterocycles. The van der Waals surface area contributed by atoms with Crippen molar-refractivity contribution in [3.8, 4) is 0 Å². The molecule has 3 aliphatic rings. The van der Waals surface area contributed by atoms with Crippen LogP contribution in [0.3, 0.4) is 0 Å². The SMILES string of the molecule is Cc1cc(C)c(C2=NOC34CCCCCC3(O)c3ccccc3N24)c(C)c1. The molecule has 4 nitrogen and oxygen atoms in total. The Hall–Kier alpha value is -2.33. The normalized spacial score (nSPS) is 28.7. The van der Waals surface area contributed by atoms with Gasteiger partial charge in [0.25, 0.3) is 0 Å². The van der Waals surface area contributed by atoms with Gasteiger partial charge in [-0.1, -0.05) is 47.5 Å². The first-order valence-electron chi connectivity index (χ1n) is 9.94. The number of fused-ring (bicyclic) bond motifs is 3. The minimum Gasteiger partial charge on any atom is -0.379 e. The summed E-state index contributed by atoms with van der Waals surface area (Å²) in [6, 6.07) is 12.6. The maximum atomic E-state index is 11.9. The van der Waals surface area contributed by atoms with E-state index in [0.29, 0.717) is 6.42 Å². The minimum atomic E-state index is -1.03. The van der Waals surface area contributed by atoms with E-state index in [9.17, 15) is 5.11 Å². The number of nitrogens with zero attached hydrogens (tertiary/aromatic N) is 2. The number of hydrogen-bond acceptors (Lipinski definition) is 4. The van der Waals surface area contributed by atoms with E-state index in [0.717, 1.165) is 48.3 Å². The van der Waals surface area contributed by atoms with Crippen LogP contribution in [-0.4, -0.2) is 16.7 Å². The molecule has 140 valence electrons. The monoisotopic (exact) mass is 362 g/mol. The van der Waals surface area contributed by atoms with Gasteiger partial charge in [0, 0.05) is 17.5 Å². The lowest BCUT2D eigenvalue weighted by molar-refractivity contribution is -0.170. The maximum Gasteiger partial charge on any atom is 0.248 e. The van der Waals surface area contributed by atoms with Gasteiger partial charge in [-0.15, -0.1) is 0 Å². The van der Waals surface area contributed by atoms with Crippen molar-refractivity contribution in [1.29, 1.82) is 0 Å². The molecule has 1 fully saturated rings. The molecule has 2 heterocycles. The fraction of sp³-hybridized carbons (Fsp3) is 0.435. The van der Waals surface area contributed by atoms with Crippen LogP contribution in [0.1, 0.15) is 59.9 Å². The molecule has 0 amide bonds. The average molecular weight is 362 g/mol.